The summed E-state index contributed by atoms with van der Waals surface area (Å²) in [6.45, 7) is 0. The molecule has 0 unspecified atom stereocenters. The third kappa shape index (κ3) is 6.87. The Kier molecular flexibility index (Phi) is 9.44. The minimum absolute atomic E-state index is 1.06. The molecule has 10 rings (SSSR count). The summed E-state index contributed by atoms with van der Waals surface area (Å²) >= 11 is 1.85. The first kappa shape index (κ1) is 35.0. The van der Waals surface area contributed by atoms with Gasteiger partial charge in [0.05, 0.1) is 0 Å². The molecule has 0 aliphatic carbocycles. The molecule has 9 aromatic carbocycles. The Labute approximate surface area is 343 Å². The smallest absolute Gasteiger partial charge is 0.0482 e. The minimum atomic E-state index is 1.06. The lowest BCUT2D eigenvalue weighted by Gasteiger charge is -2.31. The van der Waals surface area contributed by atoms with Gasteiger partial charge in [-0.25, -0.2) is 0 Å². The maximum atomic E-state index is 2.39. The number of hydrogen-bond acceptors (Lipinski definition) is 4. The van der Waals surface area contributed by atoms with Crippen molar-refractivity contribution >= 4 is 82.7 Å². The Morgan fingerprint density at radius 1 is 0.224 bits per heavy atom. The maximum absolute atomic E-state index is 2.39. The predicted molar refractivity (Wildman–Crippen MR) is 249 cm³/mol. The van der Waals surface area contributed by atoms with E-state index in [4.69, 9.17) is 0 Å². The molecule has 0 radical (unpaired) electrons. The van der Waals surface area contributed by atoms with Crippen LogP contribution in [0.4, 0.5) is 51.2 Å². The van der Waals surface area contributed by atoms with Crippen molar-refractivity contribution in [2.45, 2.75) is 0 Å². The fourth-order valence-electron chi connectivity index (χ4n) is 7.90. The molecule has 1 aromatic heterocycles. The molecular formula is C54H39N3S. The third-order valence-electron chi connectivity index (χ3n) is 10.6. The molecule has 3 nitrogen and oxygen atoms in total. The van der Waals surface area contributed by atoms with E-state index in [1.165, 1.54) is 31.3 Å². The number of rotatable bonds is 10. The van der Waals surface area contributed by atoms with Gasteiger partial charge < -0.3 is 14.7 Å². The summed E-state index contributed by atoms with van der Waals surface area (Å²) in [5.74, 6) is 0. The highest BCUT2D eigenvalue weighted by atomic mass is 32.1. The fourth-order valence-corrected chi connectivity index (χ4v) is 8.99. The largest absolute Gasteiger partial charge is 0.310 e. The van der Waals surface area contributed by atoms with Gasteiger partial charge in [-0.2, -0.15) is 0 Å². The van der Waals surface area contributed by atoms with Crippen LogP contribution in [-0.2, 0) is 0 Å². The molecule has 0 amide bonds. The minimum Gasteiger partial charge on any atom is -0.310 e. The van der Waals surface area contributed by atoms with E-state index in [0.717, 1.165) is 51.2 Å². The van der Waals surface area contributed by atoms with Crippen molar-refractivity contribution in [1.82, 2.24) is 0 Å². The van der Waals surface area contributed by atoms with Crippen LogP contribution in [0.25, 0.3) is 31.3 Å². The molecule has 0 saturated heterocycles. The Morgan fingerprint density at radius 3 is 1.09 bits per heavy atom. The second kappa shape index (κ2) is 15.6. The maximum Gasteiger partial charge on any atom is 0.0482 e. The molecule has 0 aliphatic heterocycles. The van der Waals surface area contributed by atoms with Gasteiger partial charge >= 0.3 is 0 Å². The lowest BCUT2D eigenvalue weighted by atomic mass is 10.0. The van der Waals surface area contributed by atoms with Crippen LogP contribution >= 0.6 is 11.3 Å². The van der Waals surface area contributed by atoms with Crippen LogP contribution in [0, 0.1) is 0 Å². The average Bonchev–Trinajstić information content (AvgIpc) is 3.67. The van der Waals surface area contributed by atoms with Gasteiger partial charge in [0, 0.05) is 71.4 Å². The zero-order valence-corrected chi connectivity index (χ0v) is 32.6. The quantitative estimate of drug-likeness (QED) is 0.137. The molecule has 1 heterocycles. The van der Waals surface area contributed by atoms with Crippen molar-refractivity contribution in [2.75, 3.05) is 14.7 Å². The molecule has 58 heavy (non-hydrogen) atoms. The van der Waals surface area contributed by atoms with Gasteiger partial charge in [-0.05, 0) is 120 Å². The Hall–Kier alpha value is -7.40. The van der Waals surface area contributed by atoms with Crippen molar-refractivity contribution in [3.05, 3.63) is 237 Å². The predicted octanol–water partition coefficient (Wildman–Crippen LogP) is 16.1. The van der Waals surface area contributed by atoms with Crippen LogP contribution in [0.5, 0.6) is 0 Å². The van der Waals surface area contributed by atoms with Crippen molar-refractivity contribution in [3.8, 4) is 11.1 Å². The highest BCUT2D eigenvalue weighted by molar-refractivity contribution is 7.25. The van der Waals surface area contributed by atoms with Crippen molar-refractivity contribution < 1.29 is 0 Å². The molecule has 276 valence electrons. The van der Waals surface area contributed by atoms with Crippen LogP contribution in [0.3, 0.4) is 0 Å². The van der Waals surface area contributed by atoms with E-state index in [9.17, 15) is 0 Å². The highest BCUT2D eigenvalue weighted by Gasteiger charge is 2.20. The van der Waals surface area contributed by atoms with E-state index in [-0.39, 0.29) is 0 Å². The number of hydrogen-bond donors (Lipinski definition) is 0. The zero-order chi connectivity index (χ0) is 38.7. The van der Waals surface area contributed by atoms with E-state index in [1.54, 1.807) is 0 Å². The summed E-state index contributed by atoms with van der Waals surface area (Å²) in [6.07, 6.45) is 0. The summed E-state index contributed by atoms with van der Waals surface area (Å²) in [4.78, 5) is 7.05. The molecule has 10 aromatic rings. The molecule has 0 atom stereocenters. The van der Waals surface area contributed by atoms with Crippen molar-refractivity contribution in [3.63, 3.8) is 0 Å². The first-order chi connectivity index (χ1) is 28.8. The van der Waals surface area contributed by atoms with Gasteiger partial charge in [0.2, 0.25) is 0 Å². The zero-order valence-electron chi connectivity index (χ0n) is 31.8. The second-order valence-corrected chi connectivity index (χ2v) is 15.3. The van der Waals surface area contributed by atoms with Crippen LogP contribution in [-0.4, -0.2) is 0 Å². The summed E-state index contributed by atoms with van der Waals surface area (Å²) in [6, 6.07) is 84.7. The summed E-state index contributed by atoms with van der Waals surface area (Å²) in [5.41, 5.74) is 12.1. The van der Waals surface area contributed by atoms with E-state index < -0.39 is 0 Å². The SMILES string of the molecule is c1ccc(-c2ccc(N(c3cccc(N(c4ccccc4)c4cccc(N(c5ccccc5)c5ccccc5)c4)c3)c3ccc4sc5ccccc5c4c3)cc2)cc1. The van der Waals surface area contributed by atoms with Gasteiger partial charge in [-0.1, -0.05) is 127 Å². The summed E-state index contributed by atoms with van der Waals surface area (Å²) in [7, 11) is 0. The first-order valence-electron chi connectivity index (χ1n) is 19.6. The van der Waals surface area contributed by atoms with Crippen molar-refractivity contribution in [2.24, 2.45) is 0 Å². The molecule has 0 bridgehead atoms. The van der Waals surface area contributed by atoms with E-state index >= 15 is 0 Å². The molecule has 0 aliphatic rings. The number of nitrogens with zero attached hydrogens (tertiary/aromatic N) is 3. The number of thiophene rings is 1. The van der Waals surface area contributed by atoms with Crippen molar-refractivity contribution in [1.29, 1.82) is 0 Å². The normalized spacial score (nSPS) is 11.1. The first-order valence-corrected chi connectivity index (χ1v) is 20.4. The van der Waals surface area contributed by atoms with Gasteiger partial charge in [0.15, 0.2) is 0 Å². The van der Waals surface area contributed by atoms with Crippen LogP contribution in [0.2, 0.25) is 0 Å². The summed E-state index contributed by atoms with van der Waals surface area (Å²) < 4.78 is 2.59. The van der Waals surface area contributed by atoms with Crippen LogP contribution < -0.4 is 14.7 Å². The molecular weight excluding hydrogens is 723 g/mol. The molecule has 4 heteroatoms. The van der Waals surface area contributed by atoms with Crippen LogP contribution in [0.15, 0.2) is 237 Å². The topological polar surface area (TPSA) is 9.72 Å². The molecule has 0 saturated carbocycles. The Morgan fingerprint density at radius 2 is 0.569 bits per heavy atom. The molecule has 0 spiro atoms. The van der Waals surface area contributed by atoms with Gasteiger partial charge in [-0.3, -0.25) is 0 Å². The van der Waals surface area contributed by atoms with Crippen LogP contribution in [0.1, 0.15) is 0 Å². The number of fused-ring (bicyclic) bond motifs is 3. The average molecular weight is 762 g/mol. The Bertz CT molecular complexity index is 2910. The highest BCUT2D eigenvalue weighted by Crippen LogP contribution is 2.44. The molecule has 0 N–H and O–H groups in total. The van der Waals surface area contributed by atoms with Gasteiger partial charge in [-0.15, -0.1) is 11.3 Å². The Balaban J connectivity index is 1.12. The standard InChI is InChI=1S/C54H39N3S/c1-5-17-40(18-6-1)41-31-33-45(34-32-41)57(50-35-36-54-52(39-50)51-29-13-14-30-53(51)58-54)49-28-16-27-48(38-49)56(44-23-11-4-12-24-44)47-26-15-25-46(37-47)55(42-19-7-2-8-20-42)43-21-9-3-10-22-43/h1-39H. The monoisotopic (exact) mass is 761 g/mol. The molecule has 0 fully saturated rings. The van der Waals surface area contributed by atoms with Gasteiger partial charge in [0.25, 0.3) is 0 Å². The number of para-hydroxylation sites is 3. The lowest BCUT2D eigenvalue weighted by molar-refractivity contribution is 1.24. The number of anilines is 9. The fraction of sp³-hybridized carbons (Fsp3) is 0. The lowest BCUT2D eigenvalue weighted by Crippen LogP contribution is -2.14. The number of benzene rings is 9. The van der Waals surface area contributed by atoms with E-state index in [2.05, 4.69) is 251 Å². The third-order valence-corrected chi connectivity index (χ3v) is 11.7. The summed E-state index contributed by atoms with van der Waals surface area (Å²) in [5, 5.41) is 2.55. The van der Waals surface area contributed by atoms with E-state index in [0.29, 0.717) is 0 Å². The second-order valence-electron chi connectivity index (χ2n) is 14.2. The van der Waals surface area contributed by atoms with Gasteiger partial charge in [0.1, 0.15) is 0 Å². The van der Waals surface area contributed by atoms with E-state index in [1.807, 2.05) is 11.3 Å².